The number of ether oxygens (including phenoxy) is 1. The number of methoxy groups -OCH3 is 1. The lowest BCUT2D eigenvalue weighted by Crippen LogP contribution is -2.09. The molecule has 1 aromatic heterocycles. The van der Waals surface area contributed by atoms with Gasteiger partial charge in [0.25, 0.3) is 0 Å². The number of nitrogens with one attached hydrogen (secondary N) is 2. The van der Waals surface area contributed by atoms with Crippen molar-refractivity contribution < 1.29 is 4.74 Å². The minimum atomic E-state index is 0.581. The maximum Gasteiger partial charge on any atom is 0.224 e. The molecule has 134 valence electrons. The molecule has 0 radical (unpaired) electrons. The Kier molecular flexibility index (Phi) is 5.92. The lowest BCUT2D eigenvalue weighted by Gasteiger charge is -2.11. The van der Waals surface area contributed by atoms with Crippen LogP contribution in [0.1, 0.15) is 11.1 Å². The third-order valence-corrected chi connectivity index (χ3v) is 4.18. The van der Waals surface area contributed by atoms with E-state index in [4.69, 9.17) is 16.3 Å². The summed E-state index contributed by atoms with van der Waals surface area (Å²) in [6.45, 7) is 2.75. The molecule has 0 amide bonds. The fourth-order valence-electron chi connectivity index (χ4n) is 2.53. The van der Waals surface area contributed by atoms with Gasteiger partial charge >= 0.3 is 0 Å². The maximum atomic E-state index is 6.07. The zero-order valence-electron chi connectivity index (χ0n) is 14.8. The van der Waals surface area contributed by atoms with Crippen LogP contribution >= 0.6 is 11.6 Å². The van der Waals surface area contributed by atoms with Crippen LogP contribution in [0.4, 0.5) is 17.5 Å². The number of aromatic nitrogens is 2. The molecule has 6 heteroatoms. The summed E-state index contributed by atoms with van der Waals surface area (Å²) in [4.78, 5) is 8.78. The Balaban J connectivity index is 1.61. The summed E-state index contributed by atoms with van der Waals surface area (Å²) in [6, 6.07) is 15.6. The van der Waals surface area contributed by atoms with Gasteiger partial charge in [0.05, 0.1) is 7.11 Å². The standard InChI is InChI=1S/C20H21ClN4O/c1-14-6-7-16(21)13-18(14)24-19-9-11-23-20(25-19)22-10-8-15-4-3-5-17(12-15)26-2/h3-7,9,11-13H,8,10H2,1-2H3,(H2,22,23,24,25). The molecule has 0 bridgehead atoms. The zero-order valence-corrected chi connectivity index (χ0v) is 15.5. The molecule has 0 fully saturated rings. The molecule has 5 nitrogen and oxygen atoms in total. The van der Waals surface area contributed by atoms with Crippen LogP contribution in [-0.2, 0) is 6.42 Å². The molecule has 0 aliphatic rings. The van der Waals surface area contributed by atoms with Crippen LogP contribution in [0, 0.1) is 6.92 Å². The first-order chi connectivity index (χ1) is 12.6. The summed E-state index contributed by atoms with van der Waals surface area (Å²) in [5, 5.41) is 7.22. The van der Waals surface area contributed by atoms with Crippen molar-refractivity contribution in [2.24, 2.45) is 0 Å². The van der Waals surface area contributed by atoms with E-state index in [9.17, 15) is 0 Å². The minimum Gasteiger partial charge on any atom is -0.497 e. The minimum absolute atomic E-state index is 0.581. The Morgan fingerprint density at radius 1 is 1.12 bits per heavy atom. The number of aryl methyl sites for hydroxylation is 1. The topological polar surface area (TPSA) is 59.1 Å². The van der Waals surface area contributed by atoms with Crippen molar-refractivity contribution in [3.05, 3.63) is 70.9 Å². The number of hydrogen-bond acceptors (Lipinski definition) is 5. The van der Waals surface area contributed by atoms with E-state index in [1.54, 1.807) is 13.3 Å². The van der Waals surface area contributed by atoms with Crippen molar-refractivity contribution in [3.8, 4) is 5.75 Å². The monoisotopic (exact) mass is 368 g/mol. The Hall–Kier alpha value is -2.79. The van der Waals surface area contributed by atoms with Crippen LogP contribution in [0.25, 0.3) is 0 Å². The molecular weight excluding hydrogens is 348 g/mol. The second-order valence-electron chi connectivity index (χ2n) is 5.88. The van der Waals surface area contributed by atoms with Crippen molar-refractivity contribution in [1.82, 2.24) is 9.97 Å². The van der Waals surface area contributed by atoms with E-state index in [1.165, 1.54) is 5.56 Å². The Morgan fingerprint density at radius 3 is 2.85 bits per heavy atom. The first kappa shape index (κ1) is 18.0. The number of anilines is 3. The smallest absolute Gasteiger partial charge is 0.224 e. The van der Waals surface area contributed by atoms with Gasteiger partial charge in [-0.1, -0.05) is 29.8 Å². The van der Waals surface area contributed by atoms with E-state index in [0.717, 1.165) is 30.0 Å². The first-order valence-electron chi connectivity index (χ1n) is 8.37. The van der Waals surface area contributed by atoms with E-state index in [2.05, 4.69) is 26.7 Å². The van der Waals surface area contributed by atoms with E-state index >= 15 is 0 Å². The fraction of sp³-hybridized carbons (Fsp3) is 0.200. The highest BCUT2D eigenvalue weighted by molar-refractivity contribution is 6.30. The molecule has 26 heavy (non-hydrogen) atoms. The van der Waals surface area contributed by atoms with Crippen molar-refractivity contribution in [2.75, 3.05) is 24.3 Å². The Bertz CT molecular complexity index is 885. The fourth-order valence-corrected chi connectivity index (χ4v) is 2.70. The van der Waals surface area contributed by atoms with E-state index in [-0.39, 0.29) is 0 Å². The largest absolute Gasteiger partial charge is 0.497 e. The van der Waals surface area contributed by atoms with Crippen LogP contribution < -0.4 is 15.4 Å². The number of rotatable bonds is 7. The van der Waals surface area contributed by atoms with E-state index in [1.807, 2.05) is 49.4 Å². The second-order valence-corrected chi connectivity index (χ2v) is 6.31. The molecule has 0 aliphatic carbocycles. The molecule has 3 aromatic rings. The van der Waals surface area contributed by atoms with Gasteiger partial charge in [0.2, 0.25) is 5.95 Å². The third kappa shape index (κ3) is 4.86. The molecule has 2 aromatic carbocycles. The van der Waals surface area contributed by atoms with Crippen LogP contribution in [0.5, 0.6) is 5.75 Å². The summed E-state index contributed by atoms with van der Waals surface area (Å²) in [5.41, 5.74) is 3.22. The summed E-state index contributed by atoms with van der Waals surface area (Å²) < 4.78 is 5.25. The summed E-state index contributed by atoms with van der Waals surface area (Å²) >= 11 is 6.07. The van der Waals surface area contributed by atoms with Gasteiger partial charge in [0.15, 0.2) is 0 Å². The third-order valence-electron chi connectivity index (χ3n) is 3.95. The van der Waals surface area contributed by atoms with Gasteiger partial charge in [0, 0.05) is 23.5 Å². The van der Waals surface area contributed by atoms with E-state index < -0.39 is 0 Å². The molecule has 0 saturated carbocycles. The quantitative estimate of drug-likeness (QED) is 0.624. The highest BCUT2D eigenvalue weighted by atomic mass is 35.5. The summed E-state index contributed by atoms with van der Waals surface area (Å²) in [5.74, 6) is 2.16. The average Bonchev–Trinajstić information content (AvgIpc) is 2.65. The van der Waals surface area contributed by atoms with Crippen molar-refractivity contribution >= 4 is 29.1 Å². The van der Waals surface area contributed by atoms with Crippen LogP contribution in [0.15, 0.2) is 54.7 Å². The van der Waals surface area contributed by atoms with Crippen LogP contribution in [0.2, 0.25) is 5.02 Å². The predicted octanol–water partition coefficient (Wildman–Crippen LogP) is 4.85. The zero-order chi connectivity index (χ0) is 18.4. The molecule has 0 aliphatic heterocycles. The number of benzene rings is 2. The second kappa shape index (κ2) is 8.54. The number of hydrogen-bond donors (Lipinski definition) is 2. The molecule has 0 atom stereocenters. The number of halogens is 1. The van der Waals surface area contributed by atoms with Crippen molar-refractivity contribution in [1.29, 1.82) is 0 Å². The first-order valence-corrected chi connectivity index (χ1v) is 8.75. The normalized spacial score (nSPS) is 10.4. The Labute approximate surface area is 158 Å². The maximum absolute atomic E-state index is 6.07. The summed E-state index contributed by atoms with van der Waals surface area (Å²) in [7, 11) is 1.67. The Morgan fingerprint density at radius 2 is 2.00 bits per heavy atom. The van der Waals surface area contributed by atoms with Gasteiger partial charge in [-0.25, -0.2) is 4.98 Å². The molecule has 3 rings (SSSR count). The lowest BCUT2D eigenvalue weighted by atomic mass is 10.1. The molecule has 2 N–H and O–H groups in total. The molecule has 0 unspecified atom stereocenters. The SMILES string of the molecule is COc1cccc(CCNc2nccc(Nc3cc(Cl)ccc3C)n2)c1. The highest BCUT2D eigenvalue weighted by Crippen LogP contribution is 2.23. The van der Waals surface area contributed by atoms with Gasteiger partial charge in [-0.2, -0.15) is 4.98 Å². The van der Waals surface area contributed by atoms with E-state index in [0.29, 0.717) is 16.8 Å². The van der Waals surface area contributed by atoms with Gasteiger partial charge < -0.3 is 15.4 Å². The predicted molar refractivity (Wildman–Crippen MR) is 107 cm³/mol. The molecular formula is C20H21ClN4O. The lowest BCUT2D eigenvalue weighted by molar-refractivity contribution is 0.414. The number of nitrogens with zero attached hydrogens (tertiary/aromatic N) is 2. The molecule has 1 heterocycles. The van der Waals surface area contributed by atoms with Crippen molar-refractivity contribution in [3.63, 3.8) is 0 Å². The van der Waals surface area contributed by atoms with Gasteiger partial charge in [-0.05, 0) is 54.8 Å². The molecule has 0 spiro atoms. The average molecular weight is 369 g/mol. The van der Waals surface area contributed by atoms with Gasteiger partial charge in [-0.3, -0.25) is 0 Å². The molecule has 0 saturated heterocycles. The van der Waals surface area contributed by atoms with Gasteiger partial charge in [0.1, 0.15) is 11.6 Å². The van der Waals surface area contributed by atoms with Crippen LogP contribution in [0.3, 0.4) is 0 Å². The highest BCUT2D eigenvalue weighted by Gasteiger charge is 2.04. The van der Waals surface area contributed by atoms with Crippen molar-refractivity contribution in [2.45, 2.75) is 13.3 Å². The summed E-state index contributed by atoms with van der Waals surface area (Å²) in [6.07, 6.45) is 2.58. The van der Waals surface area contributed by atoms with Crippen LogP contribution in [-0.4, -0.2) is 23.6 Å². The van der Waals surface area contributed by atoms with Gasteiger partial charge in [-0.15, -0.1) is 0 Å².